The van der Waals surface area contributed by atoms with E-state index in [1.165, 1.54) is 0 Å². The molecule has 1 aromatic heterocycles. The molecule has 0 saturated heterocycles. The molecule has 2 aromatic carbocycles. The number of aryl methyl sites for hydroxylation is 2. The van der Waals surface area contributed by atoms with Gasteiger partial charge in [-0.1, -0.05) is 6.92 Å². The third kappa shape index (κ3) is 3.29. The number of nitriles is 1. The predicted molar refractivity (Wildman–Crippen MR) is 103 cm³/mol. The third-order valence-electron chi connectivity index (χ3n) is 4.91. The average molecular weight is 378 g/mol. The Hall–Kier alpha value is -3.40. The summed E-state index contributed by atoms with van der Waals surface area (Å²) in [6, 6.07) is 10.9. The fourth-order valence-electron chi connectivity index (χ4n) is 3.17. The van der Waals surface area contributed by atoms with Gasteiger partial charge in [0.1, 0.15) is 23.2 Å². The fourth-order valence-corrected chi connectivity index (χ4v) is 3.17. The number of hydrogen-bond donors (Lipinski definition) is 1. The molecule has 28 heavy (non-hydrogen) atoms. The van der Waals surface area contributed by atoms with Crippen LogP contribution in [0, 0.1) is 17.2 Å². The standard InChI is InChI=1S/C21H19FN4O2/c1-3-13-6-12(10-23)4-5-19(13)28-14-7-17(25-21(27)15-9-16(15)22)20-18(8-14)26(2)11-24-20/h4-8,11,15-16H,3,9H2,1-2H3,(H,25,27)/t15-,16+/m0/s1. The Kier molecular flexibility index (Phi) is 4.47. The molecule has 3 aromatic rings. The summed E-state index contributed by atoms with van der Waals surface area (Å²) in [6.07, 6.45) is 1.56. The van der Waals surface area contributed by atoms with E-state index < -0.39 is 12.1 Å². The Morgan fingerprint density at radius 1 is 1.43 bits per heavy atom. The largest absolute Gasteiger partial charge is 0.457 e. The van der Waals surface area contributed by atoms with Gasteiger partial charge in [-0.2, -0.15) is 5.26 Å². The number of nitrogens with one attached hydrogen (secondary N) is 1. The van der Waals surface area contributed by atoms with Gasteiger partial charge >= 0.3 is 0 Å². The van der Waals surface area contributed by atoms with Crippen LogP contribution in [0.5, 0.6) is 11.5 Å². The van der Waals surface area contributed by atoms with Gasteiger partial charge in [0.15, 0.2) is 0 Å². The van der Waals surface area contributed by atoms with Crippen molar-refractivity contribution in [1.29, 1.82) is 5.26 Å². The molecule has 1 aliphatic rings. The lowest BCUT2D eigenvalue weighted by Gasteiger charge is -2.13. The molecule has 1 fully saturated rings. The second-order valence-corrected chi connectivity index (χ2v) is 6.93. The highest BCUT2D eigenvalue weighted by Gasteiger charge is 2.43. The number of ether oxygens (including phenoxy) is 1. The van der Waals surface area contributed by atoms with Crippen LogP contribution in [-0.2, 0) is 18.3 Å². The molecule has 0 aliphatic heterocycles. The van der Waals surface area contributed by atoms with Gasteiger partial charge in [0.05, 0.1) is 35.1 Å². The summed E-state index contributed by atoms with van der Waals surface area (Å²) in [4.78, 5) is 16.6. The highest BCUT2D eigenvalue weighted by atomic mass is 19.1. The van der Waals surface area contributed by atoms with Gasteiger partial charge in [0.25, 0.3) is 0 Å². The Morgan fingerprint density at radius 2 is 2.21 bits per heavy atom. The first-order valence-electron chi connectivity index (χ1n) is 9.11. The van der Waals surface area contributed by atoms with Crippen molar-refractivity contribution in [2.24, 2.45) is 13.0 Å². The summed E-state index contributed by atoms with van der Waals surface area (Å²) in [5, 5.41) is 11.9. The summed E-state index contributed by atoms with van der Waals surface area (Å²) in [5.41, 5.74) is 3.38. The van der Waals surface area contributed by atoms with Crippen LogP contribution in [0.1, 0.15) is 24.5 Å². The zero-order valence-corrected chi connectivity index (χ0v) is 15.6. The topological polar surface area (TPSA) is 79.9 Å². The SMILES string of the molecule is CCc1cc(C#N)ccc1Oc1cc(NC(=O)[C@H]2C[C@H]2F)c2ncn(C)c2c1. The number of fused-ring (bicyclic) bond motifs is 1. The van der Waals surface area contributed by atoms with Crippen molar-refractivity contribution in [3.05, 3.63) is 47.8 Å². The fraction of sp³-hybridized carbons (Fsp3) is 0.286. The number of hydrogen-bond acceptors (Lipinski definition) is 4. The van der Waals surface area contributed by atoms with E-state index in [1.54, 1.807) is 30.6 Å². The van der Waals surface area contributed by atoms with Crippen LogP contribution >= 0.6 is 0 Å². The van der Waals surface area contributed by atoms with Crippen molar-refractivity contribution in [3.8, 4) is 17.6 Å². The van der Waals surface area contributed by atoms with Crippen molar-refractivity contribution in [1.82, 2.24) is 9.55 Å². The van der Waals surface area contributed by atoms with E-state index >= 15 is 0 Å². The van der Waals surface area contributed by atoms with Crippen LogP contribution in [0.15, 0.2) is 36.7 Å². The van der Waals surface area contributed by atoms with E-state index in [0.717, 1.165) is 11.1 Å². The molecular formula is C21H19FN4O2. The molecule has 1 N–H and O–H groups in total. The van der Waals surface area contributed by atoms with Crippen molar-refractivity contribution in [3.63, 3.8) is 0 Å². The summed E-state index contributed by atoms with van der Waals surface area (Å²) in [5.74, 6) is 0.238. The number of carbonyl (C=O) groups excluding carboxylic acids is 1. The lowest BCUT2D eigenvalue weighted by Crippen LogP contribution is -2.15. The van der Waals surface area contributed by atoms with Crippen molar-refractivity contribution in [2.45, 2.75) is 25.9 Å². The second-order valence-electron chi connectivity index (χ2n) is 6.93. The van der Waals surface area contributed by atoms with Gasteiger partial charge in [-0.25, -0.2) is 9.37 Å². The maximum absolute atomic E-state index is 13.2. The number of aromatic nitrogens is 2. The van der Waals surface area contributed by atoms with Gasteiger partial charge in [-0.3, -0.25) is 4.79 Å². The summed E-state index contributed by atoms with van der Waals surface area (Å²) in [6.45, 7) is 1.99. The van der Waals surface area contributed by atoms with Crippen LogP contribution in [0.3, 0.4) is 0 Å². The minimum Gasteiger partial charge on any atom is -0.457 e. The summed E-state index contributed by atoms with van der Waals surface area (Å²) in [7, 11) is 1.85. The number of anilines is 1. The normalized spacial score (nSPS) is 17.9. The number of nitrogens with zero attached hydrogens (tertiary/aromatic N) is 3. The van der Waals surface area contributed by atoms with E-state index in [2.05, 4.69) is 16.4 Å². The van der Waals surface area contributed by atoms with Crippen molar-refractivity contribution >= 4 is 22.6 Å². The predicted octanol–water partition coefficient (Wildman–Crippen LogP) is 4.10. The molecule has 0 spiro atoms. The second kappa shape index (κ2) is 6.97. The molecule has 1 amide bonds. The first kappa shape index (κ1) is 18.0. The van der Waals surface area contributed by atoms with Crippen LogP contribution in [0.2, 0.25) is 0 Å². The number of alkyl halides is 1. The van der Waals surface area contributed by atoms with Crippen molar-refractivity contribution in [2.75, 3.05) is 5.32 Å². The Labute approximate surface area is 161 Å². The molecule has 142 valence electrons. The third-order valence-corrected chi connectivity index (χ3v) is 4.91. The molecule has 4 rings (SSSR count). The Balaban J connectivity index is 1.70. The van der Waals surface area contributed by atoms with Gasteiger partial charge in [0.2, 0.25) is 5.91 Å². The maximum atomic E-state index is 13.2. The number of amides is 1. The van der Waals surface area contributed by atoms with Crippen molar-refractivity contribution < 1.29 is 13.9 Å². The highest BCUT2D eigenvalue weighted by molar-refractivity contribution is 6.02. The van der Waals surface area contributed by atoms with Crippen LogP contribution in [0.4, 0.5) is 10.1 Å². The molecule has 2 atom stereocenters. The molecule has 0 bridgehead atoms. The number of rotatable bonds is 5. The van der Waals surface area contributed by atoms with E-state index in [-0.39, 0.29) is 12.3 Å². The molecule has 7 heteroatoms. The van der Waals surface area contributed by atoms with Gasteiger partial charge in [-0.05, 0) is 36.6 Å². The lowest BCUT2D eigenvalue weighted by molar-refractivity contribution is -0.117. The van der Waals surface area contributed by atoms with E-state index in [1.807, 2.05) is 24.6 Å². The average Bonchev–Trinajstić information content (AvgIpc) is 3.32. The molecule has 0 radical (unpaired) electrons. The summed E-state index contributed by atoms with van der Waals surface area (Å²) < 4.78 is 21.1. The number of halogens is 1. The Bertz CT molecular complexity index is 1120. The van der Waals surface area contributed by atoms with Crippen LogP contribution in [-0.4, -0.2) is 21.6 Å². The highest BCUT2D eigenvalue weighted by Crippen LogP contribution is 2.37. The minimum absolute atomic E-state index is 0.262. The molecule has 6 nitrogen and oxygen atoms in total. The van der Waals surface area contributed by atoms with Crippen LogP contribution in [0.25, 0.3) is 11.0 Å². The zero-order valence-electron chi connectivity index (χ0n) is 15.6. The number of carbonyl (C=O) groups is 1. The number of imidazole rings is 1. The van der Waals surface area contributed by atoms with E-state index in [0.29, 0.717) is 34.7 Å². The van der Waals surface area contributed by atoms with Gasteiger partial charge in [0, 0.05) is 19.2 Å². The van der Waals surface area contributed by atoms with E-state index in [4.69, 9.17) is 10.00 Å². The quantitative estimate of drug-likeness (QED) is 0.725. The molecular weight excluding hydrogens is 359 g/mol. The van der Waals surface area contributed by atoms with Gasteiger partial charge < -0.3 is 14.6 Å². The summed E-state index contributed by atoms with van der Waals surface area (Å²) >= 11 is 0. The first-order chi connectivity index (χ1) is 13.5. The van der Waals surface area contributed by atoms with E-state index in [9.17, 15) is 9.18 Å². The maximum Gasteiger partial charge on any atom is 0.230 e. The monoisotopic (exact) mass is 378 g/mol. The Morgan fingerprint density at radius 3 is 2.89 bits per heavy atom. The molecule has 1 saturated carbocycles. The minimum atomic E-state index is -1.07. The number of benzene rings is 2. The molecule has 1 aliphatic carbocycles. The molecule has 0 unspecified atom stereocenters. The first-order valence-corrected chi connectivity index (χ1v) is 9.11. The smallest absolute Gasteiger partial charge is 0.230 e. The van der Waals surface area contributed by atoms with Crippen LogP contribution < -0.4 is 10.1 Å². The zero-order chi connectivity index (χ0) is 19.8. The van der Waals surface area contributed by atoms with Gasteiger partial charge in [-0.15, -0.1) is 0 Å². The molecule has 1 heterocycles. The lowest BCUT2D eigenvalue weighted by atomic mass is 10.1.